The van der Waals surface area contributed by atoms with Gasteiger partial charge in [-0.15, -0.1) is 0 Å². The Hall–Kier alpha value is -0.120. The quantitative estimate of drug-likeness (QED) is 0.688. The Morgan fingerprint density at radius 1 is 1.14 bits per heavy atom. The molecular formula is C11H21NO2. The van der Waals surface area contributed by atoms with Crippen molar-refractivity contribution in [2.45, 2.75) is 44.9 Å². The minimum Gasteiger partial charge on any atom is -0.381 e. The maximum absolute atomic E-state index is 6.02. The predicted octanol–water partition coefficient (Wildman–Crippen LogP) is 1.18. The van der Waals surface area contributed by atoms with Crippen molar-refractivity contribution in [1.29, 1.82) is 0 Å². The van der Waals surface area contributed by atoms with E-state index in [2.05, 4.69) is 19.2 Å². The molecule has 82 valence electrons. The Morgan fingerprint density at radius 2 is 1.86 bits per heavy atom. The van der Waals surface area contributed by atoms with Crippen molar-refractivity contribution >= 4 is 0 Å². The molecule has 1 N–H and O–H groups in total. The molecule has 0 amide bonds. The Balaban J connectivity index is 1.85. The van der Waals surface area contributed by atoms with Crippen LogP contribution in [0.2, 0.25) is 0 Å². The van der Waals surface area contributed by atoms with E-state index in [-0.39, 0.29) is 0 Å². The molecule has 3 nitrogen and oxygen atoms in total. The first-order chi connectivity index (χ1) is 6.77. The minimum atomic E-state index is 0.344. The standard InChI is InChI=1S/C11H21NO2/c1-8-9(2)14-11(7-12-8)10-3-5-13-6-4-10/h8-12H,3-7H2,1-2H3. The maximum atomic E-state index is 6.02. The molecule has 0 bridgehead atoms. The van der Waals surface area contributed by atoms with Crippen molar-refractivity contribution in [3.05, 3.63) is 0 Å². The first-order valence-electron chi connectivity index (χ1n) is 5.74. The summed E-state index contributed by atoms with van der Waals surface area (Å²) in [6.07, 6.45) is 3.07. The molecule has 0 aromatic heterocycles. The van der Waals surface area contributed by atoms with Crippen LogP contribution >= 0.6 is 0 Å². The van der Waals surface area contributed by atoms with Crippen LogP contribution in [-0.2, 0) is 9.47 Å². The summed E-state index contributed by atoms with van der Waals surface area (Å²) in [5.41, 5.74) is 0. The van der Waals surface area contributed by atoms with Gasteiger partial charge in [-0.05, 0) is 32.6 Å². The number of hydrogen-bond donors (Lipinski definition) is 1. The average molecular weight is 199 g/mol. The normalized spacial score (nSPS) is 41.1. The van der Waals surface area contributed by atoms with Gasteiger partial charge in [0.25, 0.3) is 0 Å². The fraction of sp³-hybridized carbons (Fsp3) is 1.00. The Labute approximate surface area is 86.2 Å². The molecule has 14 heavy (non-hydrogen) atoms. The lowest BCUT2D eigenvalue weighted by Gasteiger charge is -2.39. The molecule has 2 aliphatic rings. The Kier molecular flexibility index (Phi) is 3.42. The van der Waals surface area contributed by atoms with Crippen LogP contribution in [0, 0.1) is 5.92 Å². The first-order valence-corrected chi connectivity index (χ1v) is 5.74. The van der Waals surface area contributed by atoms with E-state index in [4.69, 9.17) is 9.47 Å². The zero-order valence-corrected chi connectivity index (χ0v) is 9.16. The molecule has 3 unspecified atom stereocenters. The molecule has 2 saturated heterocycles. The van der Waals surface area contributed by atoms with Gasteiger partial charge in [-0.25, -0.2) is 0 Å². The molecule has 0 saturated carbocycles. The van der Waals surface area contributed by atoms with Crippen molar-refractivity contribution in [3.63, 3.8) is 0 Å². The predicted molar refractivity (Wildman–Crippen MR) is 55.3 cm³/mol. The summed E-state index contributed by atoms with van der Waals surface area (Å²) in [5, 5.41) is 3.51. The highest BCUT2D eigenvalue weighted by atomic mass is 16.5. The maximum Gasteiger partial charge on any atom is 0.0733 e. The largest absolute Gasteiger partial charge is 0.381 e. The minimum absolute atomic E-state index is 0.344. The van der Waals surface area contributed by atoms with Crippen molar-refractivity contribution in [1.82, 2.24) is 5.32 Å². The zero-order valence-electron chi connectivity index (χ0n) is 9.16. The highest BCUT2D eigenvalue weighted by Gasteiger charge is 2.31. The summed E-state index contributed by atoms with van der Waals surface area (Å²) in [4.78, 5) is 0. The third-order valence-corrected chi connectivity index (χ3v) is 3.53. The lowest BCUT2D eigenvalue weighted by atomic mass is 9.92. The number of rotatable bonds is 1. The Morgan fingerprint density at radius 3 is 2.50 bits per heavy atom. The molecule has 2 aliphatic heterocycles. The van der Waals surface area contributed by atoms with Crippen molar-refractivity contribution < 1.29 is 9.47 Å². The molecule has 0 aromatic carbocycles. The smallest absolute Gasteiger partial charge is 0.0733 e. The summed E-state index contributed by atoms with van der Waals surface area (Å²) in [6.45, 7) is 7.17. The van der Waals surface area contributed by atoms with Gasteiger partial charge in [0.05, 0.1) is 12.2 Å². The second-order valence-electron chi connectivity index (χ2n) is 4.53. The highest BCUT2D eigenvalue weighted by molar-refractivity contribution is 4.83. The SMILES string of the molecule is CC1NCC(C2CCOCC2)OC1C. The monoisotopic (exact) mass is 199 g/mol. The van der Waals surface area contributed by atoms with Gasteiger partial charge in [-0.3, -0.25) is 0 Å². The van der Waals surface area contributed by atoms with Crippen LogP contribution in [-0.4, -0.2) is 38.0 Å². The van der Waals surface area contributed by atoms with Gasteiger partial charge in [-0.1, -0.05) is 0 Å². The summed E-state index contributed by atoms with van der Waals surface area (Å²) >= 11 is 0. The molecule has 0 aromatic rings. The van der Waals surface area contributed by atoms with Crippen LogP contribution in [0.15, 0.2) is 0 Å². The van der Waals surface area contributed by atoms with Crippen molar-refractivity contribution in [2.24, 2.45) is 5.92 Å². The van der Waals surface area contributed by atoms with Crippen LogP contribution in [0.4, 0.5) is 0 Å². The number of nitrogens with one attached hydrogen (secondary N) is 1. The third-order valence-electron chi connectivity index (χ3n) is 3.53. The van der Waals surface area contributed by atoms with Gasteiger partial charge in [0.15, 0.2) is 0 Å². The number of ether oxygens (including phenoxy) is 2. The fourth-order valence-electron chi connectivity index (χ4n) is 2.28. The van der Waals surface area contributed by atoms with Gasteiger partial charge in [0.2, 0.25) is 0 Å². The molecule has 2 rings (SSSR count). The lowest BCUT2D eigenvalue weighted by molar-refractivity contribution is -0.0957. The molecule has 3 heteroatoms. The molecule has 0 radical (unpaired) electrons. The summed E-state index contributed by atoms with van der Waals surface area (Å²) in [6, 6.07) is 0.492. The van der Waals surface area contributed by atoms with E-state index in [0.29, 0.717) is 24.2 Å². The Bertz CT molecular complexity index is 180. The van der Waals surface area contributed by atoms with E-state index in [1.165, 1.54) is 0 Å². The number of hydrogen-bond acceptors (Lipinski definition) is 3. The molecule has 0 spiro atoms. The van der Waals surface area contributed by atoms with Crippen LogP contribution in [0.1, 0.15) is 26.7 Å². The molecule has 2 heterocycles. The van der Waals surface area contributed by atoms with E-state index < -0.39 is 0 Å². The molecule has 2 fully saturated rings. The lowest BCUT2D eigenvalue weighted by Crippen LogP contribution is -2.52. The number of morpholine rings is 1. The van der Waals surface area contributed by atoms with E-state index in [1.54, 1.807) is 0 Å². The highest BCUT2D eigenvalue weighted by Crippen LogP contribution is 2.24. The summed E-state index contributed by atoms with van der Waals surface area (Å²) in [5.74, 6) is 0.700. The van der Waals surface area contributed by atoms with Gasteiger partial charge in [0.1, 0.15) is 0 Å². The summed E-state index contributed by atoms with van der Waals surface area (Å²) in [7, 11) is 0. The topological polar surface area (TPSA) is 30.5 Å². The zero-order chi connectivity index (χ0) is 9.97. The third kappa shape index (κ3) is 2.27. The summed E-state index contributed by atoms with van der Waals surface area (Å²) < 4.78 is 11.4. The molecule has 0 aliphatic carbocycles. The van der Waals surface area contributed by atoms with Gasteiger partial charge in [-0.2, -0.15) is 0 Å². The van der Waals surface area contributed by atoms with E-state index in [0.717, 1.165) is 32.6 Å². The molecular weight excluding hydrogens is 178 g/mol. The molecule has 3 atom stereocenters. The van der Waals surface area contributed by atoms with Crippen molar-refractivity contribution in [3.8, 4) is 0 Å². The van der Waals surface area contributed by atoms with E-state index in [1.807, 2.05) is 0 Å². The second-order valence-corrected chi connectivity index (χ2v) is 4.53. The second kappa shape index (κ2) is 4.60. The van der Waals surface area contributed by atoms with Gasteiger partial charge in [0, 0.05) is 25.8 Å². The van der Waals surface area contributed by atoms with Crippen molar-refractivity contribution in [2.75, 3.05) is 19.8 Å². The fourth-order valence-corrected chi connectivity index (χ4v) is 2.28. The average Bonchev–Trinajstić information content (AvgIpc) is 2.23. The van der Waals surface area contributed by atoms with Crippen LogP contribution < -0.4 is 5.32 Å². The first kappa shape index (κ1) is 10.4. The van der Waals surface area contributed by atoms with E-state index >= 15 is 0 Å². The van der Waals surface area contributed by atoms with Crippen LogP contribution in [0.3, 0.4) is 0 Å². The van der Waals surface area contributed by atoms with Crippen LogP contribution in [0.25, 0.3) is 0 Å². The van der Waals surface area contributed by atoms with E-state index in [9.17, 15) is 0 Å². The van der Waals surface area contributed by atoms with Crippen LogP contribution in [0.5, 0.6) is 0 Å². The van der Waals surface area contributed by atoms with Gasteiger partial charge < -0.3 is 14.8 Å². The van der Waals surface area contributed by atoms with Gasteiger partial charge >= 0.3 is 0 Å².